The summed E-state index contributed by atoms with van der Waals surface area (Å²) in [6, 6.07) is 10.1. The van der Waals surface area contributed by atoms with Gasteiger partial charge >= 0.3 is 39.1 Å². The van der Waals surface area contributed by atoms with Crippen molar-refractivity contribution in [2.45, 2.75) is 273 Å². The first-order chi connectivity index (χ1) is 29.8. The first-order valence-corrected chi connectivity index (χ1v) is 27.9. The van der Waals surface area contributed by atoms with Gasteiger partial charge in [0.05, 0.1) is 0 Å². The third-order valence-electron chi connectivity index (χ3n) is 13.0. The van der Waals surface area contributed by atoms with Gasteiger partial charge in [0.15, 0.2) is 0 Å². The number of allylic oxidation sites excluding steroid dienone is 2. The van der Waals surface area contributed by atoms with Crippen molar-refractivity contribution >= 4 is 11.4 Å². The van der Waals surface area contributed by atoms with Crippen molar-refractivity contribution in [2.24, 2.45) is 0 Å². The Hall–Kier alpha value is -1.99. The molecule has 1 aliphatic rings. The predicted octanol–water partition coefficient (Wildman–Crippen LogP) is 19.6. The van der Waals surface area contributed by atoms with Gasteiger partial charge < -0.3 is 5.53 Å². The topological polar surface area (TPSA) is 25.3 Å². The molecule has 350 valence electrons. The van der Waals surface area contributed by atoms with E-state index in [2.05, 4.69) is 93.5 Å². The molecule has 0 aliphatic carbocycles. The van der Waals surface area contributed by atoms with E-state index in [1.807, 2.05) is 14.4 Å². The summed E-state index contributed by atoms with van der Waals surface area (Å²) < 4.78 is 1.68. The molecule has 0 aromatic heterocycles. The Labute approximate surface area is 386 Å². The predicted molar refractivity (Wildman–Crippen MR) is 270 cm³/mol. The zero-order valence-corrected chi connectivity index (χ0v) is 43.1. The van der Waals surface area contributed by atoms with Gasteiger partial charge in [0.1, 0.15) is 0 Å². The average molecular weight is 882 g/mol. The number of hydrogen-bond acceptors (Lipinski definition) is 0. The molecule has 2 nitrogen and oxygen atoms in total. The van der Waals surface area contributed by atoms with E-state index in [1.54, 1.807) is 38.1 Å². The van der Waals surface area contributed by atoms with Gasteiger partial charge in [-0.25, -0.2) is 4.70 Å². The molecule has 0 spiro atoms. The van der Waals surface area contributed by atoms with Crippen LogP contribution in [0.2, 0.25) is 10.8 Å². The second-order valence-corrected chi connectivity index (χ2v) is 20.1. The number of hydrogen-bond donors (Lipinski definition) is 0. The third kappa shape index (κ3) is 19.3. The van der Waals surface area contributed by atoms with E-state index in [9.17, 15) is 5.53 Å². The Kier molecular flexibility index (Phi) is 31.1. The van der Waals surface area contributed by atoms with Crippen LogP contribution < -0.4 is 0 Å². The molecule has 0 amide bonds. The number of rotatable bonds is 34. The van der Waals surface area contributed by atoms with Crippen LogP contribution in [0.5, 0.6) is 0 Å². The number of benzene rings is 2. The third-order valence-corrected chi connectivity index (χ3v) is 14.0. The molecule has 1 heterocycles. The fourth-order valence-electron chi connectivity index (χ4n) is 9.47. The van der Waals surface area contributed by atoms with E-state index in [0.717, 1.165) is 56.3 Å². The standard InChI is InChI=1S/C54H88N2.2C2H5.Ni/c1-9-16-23-29-34-46-41-49(42-47(35-30-24-17-10-2)52(46)38-31-25-18-11-3)54-50(36-22-15-7)43(8)53(56(54)55)48-39-44(32-26-19-12-4)51(37-28-21-14-6)45(40-48)33-27-20-13-5;2*1-2;/h39-42H,9-38H2,1-8H3;2*1H2,2H3;. The quantitative estimate of drug-likeness (QED) is 0.0380. The molecule has 2 aromatic rings. The van der Waals surface area contributed by atoms with Crippen molar-refractivity contribution in [3.05, 3.63) is 85.5 Å². The monoisotopic (exact) mass is 881 g/mol. The molecular weight excluding hydrogens is 783 g/mol. The van der Waals surface area contributed by atoms with Gasteiger partial charge in [-0.2, -0.15) is 0 Å². The summed E-state index contributed by atoms with van der Waals surface area (Å²) in [6.45, 7) is 22.9. The van der Waals surface area contributed by atoms with Crippen molar-refractivity contribution in [1.29, 1.82) is 0 Å². The molecule has 3 rings (SSSR count). The van der Waals surface area contributed by atoms with Crippen molar-refractivity contribution in [3.8, 4) is 0 Å². The maximum atomic E-state index is 12.7. The Balaban J connectivity index is 0.00000241. The fourth-order valence-corrected chi connectivity index (χ4v) is 9.96. The molecule has 3 heteroatoms. The first-order valence-electron chi connectivity index (χ1n) is 26.5. The molecule has 1 aliphatic heterocycles. The van der Waals surface area contributed by atoms with Crippen LogP contribution in [0.4, 0.5) is 0 Å². The van der Waals surface area contributed by atoms with E-state index in [1.165, 1.54) is 181 Å². The zero-order chi connectivity index (χ0) is 44.7. The summed E-state index contributed by atoms with van der Waals surface area (Å²) in [7, 11) is 0. The molecule has 0 unspecified atom stereocenters. The average Bonchev–Trinajstić information content (AvgIpc) is 3.51. The molecule has 0 atom stereocenters. The van der Waals surface area contributed by atoms with Crippen LogP contribution in [0, 0.1) is 0 Å². The molecule has 0 radical (unpaired) electrons. The number of nitrogens with zero attached hydrogens (tertiary/aromatic N) is 2. The summed E-state index contributed by atoms with van der Waals surface area (Å²) in [5.41, 5.74) is 29.5. The normalized spacial score (nSPS) is 12.9. The van der Waals surface area contributed by atoms with Gasteiger partial charge in [0.25, 0.3) is 0 Å². The van der Waals surface area contributed by atoms with Gasteiger partial charge in [0, 0.05) is 22.3 Å². The summed E-state index contributed by atoms with van der Waals surface area (Å²) in [5, 5.41) is 2.56. The Morgan fingerprint density at radius 1 is 0.377 bits per heavy atom. The second-order valence-electron chi connectivity index (χ2n) is 18.2. The molecule has 61 heavy (non-hydrogen) atoms. The van der Waals surface area contributed by atoms with Gasteiger partial charge in [-0.05, 0) is 154 Å². The van der Waals surface area contributed by atoms with Gasteiger partial charge in [0.2, 0.25) is 11.4 Å². The summed E-state index contributed by atoms with van der Waals surface area (Å²) in [6.07, 6.45) is 37.2. The van der Waals surface area contributed by atoms with Gasteiger partial charge in [-0.1, -0.05) is 151 Å². The first kappa shape index (κ1) is 55.1. The van der Waals surface area contributed by atoms with E-state index < -0.39 is 0 Å². The van der Waals surface area contributed by atoms with Crippen LogP contribution in [-0.4, -0.2) is 4.70 Å². The molecular formula is C58H98N2Ni. The van der Waals surface area contributed by atoms with Crippen LogP contribution in [0.1, 0.15) is 268 Å². The van der Waals surface area contributed by atoms with E-state index in [4.69, 9.17) is 0 Å². The fraction of sp³-hybridized carbons (Fsp3) is 0.724. The molecule has 2 aromatic carbocycles. The van der Waals surface area contributed by atoms with Gasteiger partial charge in [-0.3, -0.25) is 0 Å². The molecule has 0 fully saturated rings. The van der Waals surface area contributed by atoms with Crippen LogP contribution in [0.3, 0.4) is 0 Å². The Morgan fingerprint density at radius 3 is 1.03 bits per heavy atom. The Bertz CT molecular complexity index is 1490. The summed E-state index contributed by atoms with van der Waals surface area (Å²) in [5.74, 6) is 0. The number of aryl methyl sites for hydroxylation is 4. The molecule has 0 saturated carbocycles. The van der Waals surface area contributed by atoms with Crippen LogP contribution in [0.15, 0.2) is 35.4 Å². The minimum absolute atomic E-state index is 1.01. The molecule has 0 bridgehead atoms. The van der Waals surface area contributed by atoms with Crippen LogP contribution >= 0.6 is 0 Å². The maximum absolute atomic E-state index is 12.7. The van der Waals surface area contributed by atoms with Crippen LogP contribution in [0.25, 0.3) is 16.9 Å². The Morgan fingerprint density at radius 2 is 0.689 bits per heavy atom. The summed E-state index contributed by atoms with van der Waals surface area (Å²) in [4.78, 5) is 0. The SMILES string of the molecule is CCCCCCc1cc(C2=C(CCCC)C(C)=C(c3cc(CCCCC)c(CCCCC)c(CCCCC)c3)[N+]2=[N-])cc(CCCCCC)c1CCCCCC.C[CH2][Ni][CH2]C. The van der Waals surface area contributed by atoms with Crippen LogP contribution in [-0.2, 0) is 53.0 Å². The van der Waals surface area contributed by atoms with E-state index in [0.29, 0.717) is 0 Å². The van der Waals surface area contributed by atoms with Crippen molar-refractivity contribution < 1.29 is 19.1 Å². The second kappa shape index (κ2) is 34.4. The molecule has 0 N–H and O–H groups in total. The van der Waals surface area contributed by atoms with E-state index >= 15 is 0 Å². The molecule has 0 saturated heterocycles. The van der Waals surface area contributed by atoms with Crippen molar-refractivity contribution in [2.75, 3.05) is 0 Å². The summed E-state index contributed by atoms with van der Waals surface area (Å²) >= 11 is 1.82. The zero-order valence-electron chi connectivity index (χ0n) is 42.1. The van der Waals surface area contributed by atoms with Gasteiger partial charge in [-0.15, -0.1) is 0 Å². The minimum atomic E-state index is 1.01. The van der Waals surface area contributed by atoms with E-state index in [-0.39, 0.29) is 0 Å². The number of unbranched alkanes of at least 4 members (excludes halogenated alkanes) is 16. The van der Waals surface area contributed by atoms with Crippen molar-refractivity contribution in [3.63, 3.8) is 0 Å². The van der Waals surface area contributed by atoms with Crippen molar-refractivity contribution in [1.82, 2.24) is 0 Å².